The number of nitrogens with one attached hydrogen (secondary N) is 1. The van der Waals surface area contributed by atoms with E-state index in [9.17, 15) is 18.0 Å². The SMILES string of the molecule is CC(C)[Si](O[C@@H]1[C@H](NC(=O)C(F)(F)F)[C@@H](OCc2ccccc2)O[C@@H]2CO[Si](C(C)(C)C)(C(C)(C)C)O[C@@H]12)(C(C)C)C(C)C. The number of fused-ring (bicyclic) bond motifs is 1. The molecule has 1 aromatic carbocycles. The molecule has 2 aliphatic rings. The third kappa shape index (κ3) is 7.31. The molecule has 0 unspecified atom stereocenters. The number of rotatable bonds is 9. The number of benzene rings is 1. The van der Waals surface area contributed by atoms with E-state index < -0.39 is 69.7 Å². The molecule has 0 aromatic heterocycles. The smallest absolute Gasteiger partial charge is 0.408 e. The van der Waals surface area contributed by atoms with Crippen molar-refractivity contribution >= 4 is 22.8 Å². The highest BCUT2D eigenvalue weighted by Gasteiger charge is 2.66. The lowest BCUT2D eigenvalue weighted by Gasteiger charge is -2.59. The fourth-order valence-electron chi connectivity index (χ4n) is 7.58. The number of hydrogen-bond acceptors (Lipinski definition) is 6. The van der Waals surface area contributed by atoms with Crippen LogP contribution in [0.1, 0.15) is 88.6 Å². The van der Waals surface area contributed by atoms with Crippen molar-refractivity contribution in [1.29, 1.82) is 0 Å². The van der Waals surface area contributed by atoms with Crippen molar-refractivity contribution in [3.05, 3.63) is 35.9 Å². The first-order valence-electron chi connectivity index (χ1n) is 15.8. The first-order valence-corrected chi connectivity index (χ1v) is 19.7. The molecule has 2 aliphatic heterocycles. The molecule has 252 valence electrons. The molecule has 0 saturated carbocycles. The minimum Gasteiger partial charge on any atom is -0.408 e. The van der Waals surface area contributed by atoms with Gasteiger partial charge in [-0.05, 0) is 22.2 Å². The average Bonchev–Trinajstić information content (AvgIpc) is 2.89. The van der Waals surface area contributed by atoms with Gasteiger partial charge in [0.1, 0.15) is 18.2 Å². The Balaban J connectivity index is 2.20. The Bertz CT molecular complexity index is 1070. The zero-order chi connectivity index (χ0) is 33.5. The first-order chi connectivity index (χ1) is 20.1. The Morgan fingerprint density at radius 1 is 0.955 bits per heavy atom. The highest BCUT2D eigenvalue weighted by molar-refractivity contribution is 6.77. The number of carbonyl (C=O) groups is 1. The molecule has 1 N–H and O–H groups in total. The van der Waals surface area contributed by atoms with Crippen LogP contribution in [0.15, 0.2) is 30.3 Å². The average molecular weight is 662 g/mol. The molecule has 5 atom stereocenters. The van der Waals surface area contributed by atoms with Gasteiger partial charge in [0.15, 0.2) is 6.29 Å². The molecule has 12 heteroatoms. The van der Waals surface area contributed by atoms with Gasteiger partial charge in [-0.25, -0.2) is 0 Å². The van der Waals surface area contributed by atoms with Gasteiger partial charge in [-0.1, -0.05) is 113 Å². The van der Waals surface area contributed by atoms with Gasteiger partial charge in [0.2, 0.25) is 8.32 Å². The minimum absolute atomic E-state index is 0.0689. The van der Waals surface area contributed by atoms with Crippen LogP contribution in [0.3, 0.4) is 0 Å². The fourth-order valence-corrected chi connectivity index (χ4v) is 18.1. The van der Waals surface area contributed by atoms with Crippen molar-refractivity contribution in [1.82, 2.24) is 5.32 Å². The van der Waals surface area contributed by atoms with Crippen LogP contribution in [-0.4, -0.2) is 66.2 Å². The van der Waals surface area contributed by atoms with Gasteiger partial charge in [-0.3, -0.25) is 4.79 Å². The second-order valence-corrected chi connectivity index (χ2v) is 25.4. The van der Waals surface area contributed by atoms with Crippen LogP contribution in [0.5, 0.6) is 0 Å². The maximum Gasteiger partial charge on any atom is 0.471 e. The van der Waals surface area contributed by atoms with E-state index in [4.69, 9.17) is 22.8 Å². The second-order valence-electron chi connectivity index (χ2n) is 15.2. The van der Waals surface area contributed by atoms with E-state index in [0.29, 0.717) is 0 Å². The maximum absolute atomic E-state index is 13.8. The molecule has 1 aromatic rings. The van der Waals surface area contributed by atoms with Crippen molar-refractivity contribution in [3.8, 4) is 0 Å². The second kappa shape index (κ2) is 13.4. The number of alkyl halides is 3. The lowest BCUT2D eigenvalue weighted by Crippen LogP contribution is -2.75. The summed E-state index contributed by atoms with van der Waals surface area (Å²) in [5.74, 6) is -2.07. The largest absolute Gasteiger partial charge is 0.471 e. The number of halogens is 3. The number of carbonyl (C=O) groups excluding carboxylic acids is 1. The van der Waals surface area contributed by atoms with E-state index in [1.54, 1.807) is 0 Å². The monoisotopic (exact) mass is 661 g/mol. The zero-order valence-corrected chi connectivity index (χ0v) is 30.5. The molecule has 7 nitrogen and oxygen atoms in total. The van der Waals surface area contributed by atoms with Gasteiger partial charge in [0, 0.05) is 10.1 Å². The van der Waals surface area contributed by atoms with Crippen molar-refractivity contribution in [3.63, 3.8) is 0 Å². The quantitative estimate of drug-likeness (QED) is 0.271. The fraction of sp³-hybridized carbons (Fsp3) is 0.781. The Labute approximate surface area is 264 Å². The van der Waals surface area contributed by atoms with Gasteiger partial charge in [0.25, 0.3) is 0 Å². The Hall–Kier alpha value is -1.29. The van der Waals surface area contributed by atoms with Crippen LogP contribution in [0, 0.1) is 0 Å². The van der Waals surface area contributed by atoms with Crippen LogP contribution >= 0.6 is 0 Å². The van der Waals surface area contributed by atoms with Crippen LogP contribution < -0.4 is 5.32 Å². The van der Waals surface area contributed by atoms with E-state index in [1.807, 2.05) is 30.3 Å². The van der Waals surface area contributed by atoms with E-state index >= 15 is 0 Å². The van der Waals surface area contributed by atoms with Gasteiger partial charge >= 0.3 is 20.6 Å². The summed E-state index contributed by atoms with van der Waals surface area (Å²) < 4.78 is 75.2. The summed E-state index contributed by atoms with van der Waals surface area (Å²) in [6.45, 7) is 25.4. The Morgan fingerprint density at radius 3 is 1.93 bits per heavy atom. The van der Waals surface area contributed by atoms with Gasteiger partial charge < -0.3 is 28.1 Å². The number of ether oxygens (including phenoxy) is 2. The van der Waals surface area contributed by atoms with Crippen LogP contribution in [0.4, 0.5) is 13.2 Å². The zero-order valence-electron chi connectivity index (χ0n) is 28.5. The Kier molecular flexibility index (Phi) is 11.4. The summed E-state index contributed by atoms with van der Waals surface area (Å²) in [6, 6.07) is 8.00. The molecule has 0 aliphatic carbocycles. The van der Waals surface area contributed by atoms with Crippen molar-refractivity contribution in [2.24, 2.45) is 0 Å². The normalized spacial score (nSPS) is 26.6. The third-order valence-electron chi connectivity index (χ3n) is 9.23. The van der Waals surface area contributed by atoms with Crippen LogP contribution in [-0.2, 0) is 34.2 Å². The number of hydrogen-bond donors (Lipinski definition) is 1. The van der Waals surface area contributed by atoms with Crippen molar-refractivity contribution < 1.29 is 40.7 Å². The predicted molar refractivity (Wildman–Crippen MR) is 170 cm³/mol. The molecular weight excluding hydrogens is 608 g/mol. The summed E-state index contributed by atoms with van der Waals surface area (Å²) >= 11 is 0. The standard InChI is InChI=1S/C32H54F3NO6Si2/c1-20(2)43(21(3)4,22(5)6)41-27-25(36-29(37)32(33,34)35)28(38-18-23-16-14-13-15-17-23)40-24-19-39-44(30(7,8)9,31(10,11)12)42-26(24)27/h13-17,20-22,24-28H,18-19H2,1-12H3,(H,36,37)/t24-,25+,26-,27-,28+/m1/s1. The summed E-state index contributed by atoms with van der Waals surface area (Å²) in [7, 11) is -5.85. The molecule has 0 bridgehead atoms. The molecule has 2 heterocycles. The van der Waals surface area contributed by atoms with Gasteiger partial charge in [-0.15, -0.1) is 0 Å². The van der Waals surface area contributed by atoms with Crippen molar-refractivity contribution in [2.75, 3.05) is 6.61 Å². The summed E-state index contributed by atoms with van der Waals surface area (Å²) in [5.41, 5.74) is 1.19. The van der Waals surface area contributed by atoms with Crippen LogP contribution in [0.25, 0.3) is 0 Å². The highest BCUT2D eigenvalue weighted by Crippen LogP contribution is 2.56. The number of amides is 1. The van der Waals surface area contributed by atoms with E-state index in [0.717, 1.165) is 5.56 Å². The molecule has 1 amide bonds. The predicted octanol–water partition coefficient (Wildman–Crippen LogP) is 7.99. The molecule has 2 saturated heterocycles. The molecule has 0 radical (unpaired) electrons. The first kappa shape index (κ1) is 37.2. The summed E-state index contributed by atoms with van der Waals surface area (Å²) in [4.78, 5) is 12.6. The molecule has 2 fully saturated rings. The van der Waals surface area contributed by atoms with Gasteiger partial charge in [0.05, 0.1) is 19.3 Å². The Morgan fingerprint density at radius 2 is 1.48 bits per heavy atom. The minimum atomic E-state index is -5.11. The maximum atomic E-state index is 13.8. The lowest BCUT2D eigenvalue weighted by atomic mass is 9.96. The highest BCUT2D eigenvalue weighted by atomic mass is 28.4. The molecule has 44 heavy (non-hydrogen) atoms. The van der Waals surface area contributed by atoms with Gasteiger partial charge in [-0.2, -0.15) is 13.2 Å². The van der Waals surface area contributed by atoms with E-state index in [1.165, 1.54) is 0 Å². The van der Waals surface area contributed by atoms with Crippen molar-refractivity contribution in [2.45, 2.75) is 153 Å². The van der Waals surface area contributed by atoms with E-state index in [2.05, 4.69) is 88.4 Å². The lowest BCUT2D eigenvalue weighted by molar-refractivity contribution is -0.282. The van der Waals surface area contributed by atoms with E-state index in [-0.39, 0.29) is 29.8 Å². The summed E-state index contributed by atoms with van der Waals surface area (Å²) in [6.07, 6.45) is -8.79. The summed E-state index contributed by atoms with van der Waals surface area (Å²) in [5, 5.41) is 1.46. The molecular formula is C32H54F3NO6Si2. The molecule has 0 spiro atoms. The van der Waals surface area contributed by atoms with Crippen LogP contribution in [0.2, 0.25) is 26.7 Å². The topological polar surface area (TPSA) is 75.3 Å². The third-order valence-corrected chi connectivity index (χ3v) is 20.5. The molecule has 3 rings (SSSR count).